The molecule has 1 heterocycles. The normalized spacial score (nSPS) is 14.2. The van der Waals surface area contributed by atoms with Gasteiger partial charge in [-0.25, -0.2) is 0 Å². The lowest BCUT2D eigenvalue weighted by Gasteiger charge is -2.21. The lowest BCUT2D eigenvalue weighted by atomic mass is 10.2. The van der Waals surface area contributed by atoms with Crippen molar-refractivity contribution in [2.24, 2.45) is 0 Å². The van der Waals surface area contributed by atoms with E-state index in [-0.39, 0.29) is 18.0 Å². The second-order valence-corrected chi connectivity index (χ2v) is 4.10. The summed E-state index contributed by atoms with van der Waals surface area (Å²) < 4.78 is 0. The third kappa shape index (κ3) is 3.31. The van der Waals surface area contributed by atoms with E-state index in [2.05, 4.69) is 10.3 Å². The van der Waals surface area contributed by atoms with E-state index in [1.807, 2.05) is 32.0 Å². The molecule has 0 fully saturated rings. The van der Waals surface area contributed by atoms with Crippen molar-refractivity contribution in [1.29, 1.82) is 0 Å². The van der Waals surface area contributed by atoms with Crippen LogP contribution in [0.15, 0.2) is 24.4 Å². The van der Waals surface area contributed by atoms with Crippen LogP contribution in [0.4, 0.5) is 0 Å². The fourth-order valence-corrected chi connectivity index (χ4v) is 1.55. The van der Waals surface area contributed by atoms with E-state index in [0.717, 1.165) is 5.69 Å². The second-order valence-electron chi connectivity index (χ2n) is 4.10. The van der Waals surface area contributed by atoms with Crippen molar-refractivity contribution in [3.05, 3.63) is 30.1 Å². The van der Waals surface area contributed by atoms with Gasteiger partial charge in [0.05, 0.1) is 11.7 Å². The number of carbonyl (C=O) groups is 1. The van der Waals surface area contributed by atoms with Gasteiger partial charge in [0.1, 0.15) is 0 Å². The molecule has 1 rings (SSSR count). The second kappa shape index (κ2) is 5.61. The highest BCUT2D eigenvalue weighted by Crippen LogP contribution is 2.09. The van der Waals surface area contributed by atoms with E-state index >= 15 is 0 Å². The summed E-state index contributed by atoms with van der Waals surface area (Å²) in [6, 6.07) is 5.64. The molecule has 88 valence electrons. The Bertz CT molecular complexity index is 337. The van der Waals surface area contributed by atoms with Crippen LogP contribution in [0.1, 0.15) is 25.6 Å². The number of amides is 1. The summed E-state index contributed by atoms with van der Waals surface area (Å²) in [4.78, 5) is 17.5. The Labute approximate surface area is 96.7 Å². The number of carbonyl (C=O) groups excluding carboxylic acids is 1. The molecule has 1 aromatic rings. The average molecular weight is 221 g/mol. The maximum absolute atomic E-state index is 11.7. The Morgan fingerprint density at radius 1 is 1.38 bits per heavy atom. The Kier molecular flexibility index (Phi) is 4.43. The minimum Gasteiger partial charge on any atom is -0.347 e. The highest BCUT2D eigenvalue weighted by Gasteiger charge is 2.17. The quantitative estimate of drug-likeness (QED) is 0.831. The summed E-state index contributed by atoms with van der Waals surface area (Å²) in [6.07, 6.45) is 1.76. The molecule has 2 atom stereocenters. The van der Waals surface area contributed by atoms with Crippen molar-refractivity contribution in [2.45, 2.75) is 25.9 Å². The summed E-state index contributed by atoms with van der Waals surface area (Å²) in [5, 5.41) is 3.22. The standard InChI is InChI=1S/C12H19N3O/c1-9(11-7-5-6-8-13-11)14-10(2)12(16)15(3)4/h5-10,14H,1-4H3/t9-,10?/m0/s1. The predicted molar refractivity (Wildman–Crippen MR) is 63.9 cm³/mol. The van der Waals surface area contributed by atoms with Gasteiger partial charge in [-0.3, -0.25) is 15.1 Å². The average Bonchev–Trinajstić information content (AvgIpc) is 2.28. The third-order valence-electron chi connectivity index (χ3n) is 2.44. The van der Waals surface area contributed by atoms with Gasteiger partial charge in [-0.1, -0.05) is 6.07 Å². The first kappa shape index (κ1) is 12.6. The van der Waals surface area contributed by atoms with Gasteiger partial charge >= 0.3 is 0 Å². The molecule has 1 amide bonds. The van der Waals surface area contributed by atoms with Crippen LogP contribution in [0.2, 0.25) is 0 Å². The lowest BCUT2D eigenvalue weighted by molar-refractivity contribution is -0.130. The number of aromatic nitrogens is 1. The number of pyridine rings is 1. The number of nitrogens with one attached hydrogen (secondary N) is 1. The van der Waals surface area contributed by atoms with Crippen molar-refractivity contribution in [1.82, 2.24) is 15.2 Å². The number of hydrogen-bond acceptors (Lipinski definition) is 3. The number of nitrogens with zero attached hydrogens (tertiary/aromatic N) is 2. The van der Waals surface area contributed by atoms with Gasteiger partial charge in [-0.05, 0) is 26.0 Å². The SMILES string of the molecule is CC(N[C@@H](C)c1ccccn1)C(=O)N(C)C. The molecule has 0 aliphatic heterocycles. The molecular weight excluding hydrogens is 202 g/mol. The van der Waals surface area contributed by atoms with E-state index < -0.39 is 0 Å². The molecule has 0 bridgehead atoms. The molecule has 0 aliphatic rings. The van der Waals surface area contributed by atoms with E-state index in [1.54, 1.807) is 25.2 Å². The molecule has 0 radical (unpaired) electrons. The summed E-state index contributed by atoms with van der Waals surface area (Å²) >= 11 is 0. The molecule has 0 aromatic carbocycles. The zero-order chi connectivity index (χ0) is 12.1. The highest BCUT2D eigenvalue weighted by molar-refractivity contribution is 5.80. The Hall–Kier alpha value is -1.42. The third-order valence-corrected chi connectivity index (χ3v) is 2.44. The number of likely N-dealkylation sites (N-methyl/N-ethyl adjacent to an activating group) is 1. The first-order chi connectivity index (χ1) is 7.52. The monoisotopic (exact) mass is 221 g/mol. The van der Waals surface area contributed by atoms with E-state index in [9.17, 15) is 4.79 Å². The molecule has 0 aliphatic carbocycles. The minimum absolute atomic E-state index is 0.0695. The van der Waals surface area contributed by atoms with E-state index in [0.29, 0.717) is 0 Å². The molecule has 0 saturated heterocycles. The predicted octanol–water partition coefficient (Wildman–Crippen LogP) is 1.21. The largest absolute Gasteiger partial charge is 0.347 e. The van der Waals surface area contributed by atoms with E-state index in [4.69, 9.17) is 0 Å². The van der Waals surface area contributed by atoms with Crippen LogP contribution >= 0.6 is 0 Å². The number of rotatable bonds is 4. The zero-order valence-corrected chi connectivity index (χ0v) is 10.3. The highest BCUT2D eigenvalue weighted by atomic mass is 16.2. The Balaban J connectivity index is 2.58. The van der Waals surface area contributed by atoms with Gasteiger partial charge in [0.2, 0.25) is 5.91 Å². The van der Waals surface area contributed by atoms with Gasteiger partial charge in [0.15, 0.2) is 0 Å². The fraction of sp³-hybridized carbons (Fsp3) is 0.500. The van der Waals surface area contributed by atoms with Gasteiger partial charge in [-0.15, -0.1) is 0 Å². The Morgan fingerprint density at radius 3 is 2.56 bits per heavy atom. The maximum Gasteiger partial charge on any atom is 0.238 e. The summed E-state index contributed by atoms with van der Waals surface area (Å²) in [7, 11) is 3.51. The zero-order valence-electron chi connectivity index (χ0n) is 10.3. The van der Waals surface area contributed by atoms with Gasteiger partial charge in [0.25, 0.3) is 0 Å². The molecule has 4 heteroatoms. The van der Waals surface area contributed by atoms with Gasteiger partial charge < -0.3 is 4.90 Å². The molecule has 16 heavy (non-hydrogen) atoms. The van der Waals surface area contributed by atoms with Crippen LogP contribution in [0.3, 0.4) is 0 Å². The van der Waals surface area contributed by atoms with Crippen LogP contribution < -0.4 is 5.32 Å². The van der Waals surface area contributed by atoms with E-state index in [1.165, 1.54) is 0 Å². The molecule has 4 nitrogen and oxygen atoms in total. The molecule has 1 unspecified atom stereocenters. The minimum atomic E-state index is -0.202. The van der Waals surface area contributed by atoms with Crippen LogP contribution in [0.25, 0.3) is 0 Å². The first-order valence-corrected chi connectivity index (χ1v) is 5.40. The maximum atomic E-state index is 11.7. The fourth-order valence-electron chi connectivity index (χ4n) is 1.55. The first-order valence-electron chi connectivity index (χ1n) is 5.40. The van der Waals surface area contributed by atoms with Crippen molar-refractivity contribution in [2.75, 3.05) is 14.1 Å². The van der Waals surface area contributed by atoms with Crippen molar-refractivity contribution in [3.8, 4) is 0 Å². The van der Waals surface area contributed by atoms with Gasteiger partial charge in [0, 0.05) is 26.3 Å². The summed E-state index contributed by atoms with van der Waals surface area (Å²) in [5.74, 6) is 0.0720. The molecule has 0 spiro atoms. The van der Waals surface area contributed by atoms with Crippen LogP contribution in [0.5, 0.6) is 0 Å². The topological polar surface area (TPSA) is 45.2 Å². The van der Waals surface area contributed by atoms with Crippen LogP contribution in [-0.2, 0) is 4.79 Å². The van der Waals surface area contributed by atoms with Crippen molar-refractivity contribution >= 4 is 5.91 Å². The summed E-state index contributed by atoms with van der Waals surface area (Å²) in [5.41, 5.74) is 0.945. The van der Waals surface area contributed by atoms with Crippen molar-refractivity contribution < 1.29 is 4.79 Å². The lowest BCUT2D eigenvalue weighted by Crippen LogP contribution is -2.42. The molecular formula is C12H19N3O. The Morgan fingerprint density at radius 2 is 2.06 bits per heavy atom. The smallest absolute Gasteiger partial charge is 0.238 e. The summed E-state index contributed by atoms with van der Waals surface area (Å²) in [6.45, 7) is 3.86. The van der Waals surface area contributed by atoms with Crippen LogP contribution in [-0.4, -0.2) is 35.9 Å². The van der Waals surface area contributed by atoms with Crippen molar-refractivity contribution in [3.63, 3.8) is 0 Å². The number of hydrogen-bond donors (Lipinski definition) is 1. The van der Waals surface area contributed by atoms with Gasteiger partial charge in [-0.2, -0.15) is 0 Å². The molecule has 0 saturated carbocycles. The molecule has 1 aromatic heterocycles. The van der Waals surface area contributed by atoms with Crippen LogP contribution in [0, 0.1) is 0 Å². The molecule has 1 N–H and O–H groups in total.